The molecular formula is C15H18ClN3S. The van der Waals surface area contributed by atoms with Gasteiger partial charge in [-0.25, -0.2) is 9.97 Å². The van der Waals surface area contributed by atoms with Crippen LogP contribution < -0.4 is 5.32 Å². The molecule has 20 heavy (non-hydrogen) atoms. The van der Waals surface area contributed by atoms with Crippen molar-refractivity contribution < 1.29 is 0 Å². The van der Waals surface area contributed by atoms with E-state index in [1.54, 1.807) is 18.5 Å². The summed E-state index contributed by atoms with van der Waals surface area (Å²) < 4.78 is 0. The third kappa shape index (κ3) is 4.20. The van der Waals surface area contributed by atoms with E-state index >= 15 is 0 Å². The number of rotatable bonds is 6. The molecule has 0 bridgehead atoms. The molecule has 0 radical (unpaired) electrons. The summed E-state index contributed by atoms with van der Waals surface area (Å²) >= 11 is 7.89. The maximum Gasteiger partial charge on any atom is 0.192 e. The first kappa shape index (κ1) is 15.3. The van der Waals surface area contributed by atoms with E-state index in [1.807, 2.05) is 6.07 Å². The van der Waals surface area contributed by atoms with Crippen LogP contribution >= 0.6 is 23.4 Å². The molecule has 3 nitrogen and oxygen atoms in total. The summed E-state index contributed by atoms with van der Waals surface area (Å²) in [4.78, 5) is 9.45. The van der Waals surface area contributed by atoms with Crippen LogP contribution in [0.3, 0.4) is 0 Å². The number of nitrogens with one attached hydrogen (secondary N) is 1. The number of aromatic nitrogens is 2. The fraction of sp³-hybridized carbons (Fsp3) is 0.333. The largest absolute Gasteiger partial charge is 0.310 e. The average Bonchev–Trinajstić information content (AvgIpc) is 2.46. The van der Waals surface area contributed by atoms with Crippen LogP contribution in [-0.2, 0) is 0 Å². The molecule has 1 atom stereocenters. The topological polar surface area (TPSA) is 37.8 Å². The third-order valence-corrected chi connectivity index (χ3v) is 4.10. The Labute approximate surface area is 129 Å². The fourth-order valence-electron chi connectivity index (χ4n) is 1.84. The number of hydrogen-bond donors (Lipinski definition) is 1. The van der Waals surface area contributed by atoms with Crippen LogP contribution in [0, 0.1) is 0 Å². The second-order valence-electron chi connectivity index (χ2n) is 4.49. The Hall–Kier alpha value is -1.10. The van der Waals surface area contributed by atoms with Crippen LogP contribution in [0.25, 0.3) is 0 Å². The first-order valence-corrected chi connectivity index (χ1v) is 7.88. The summed E-state index contributed by atoms with van der Waals surface area (Å²) in [6.45, 7) is 5.27. The van der Waals surface area contributed by atoms with Gasteiger partial charge < -0.3 is 5.32 Å². The van der Waals surface area contributed by atoms with Crippen molar-refractivity contribution in [3.8, 4) is 0 Å². The molecule has 106 valence electrons. The predicted molar refractivity (Wildman–Crippen MR) is 84.3 cm³/mol. The molecule has 1 aromatic heterocycles. The Balaban J connectivity index is 2.09. The molecule has 2 aromatic rings. The van der Waals surface area contributed by atoms with Crippen LogP contribution in [0.2, 0.25) is 5.02 Å². The smallest absolute Gasteiger partial charge is 0.192 e. The third-order valence-electron chi connectivity index (χ3n) is 2.89. The van der Waals surface area contributed by atoms with Gasteiger partial charge in [0.2, 0.25) is 0 Å². The van der Waals surface area contributed by atoms with E-state index in [1.165, 1.54) is 11.8 Å². The maximum atomic E-state index is 6.38. The van der Waals surface area contributed by atoms with E-state index in [4.69, 9.17) is 11.6 Å². The van der Waals surface area contributed by atoms with Crippen molar-refractivity contribution in [2.24, 2.45) is 0 Å². The van der Waals surface area contributed by atoms with Crippen molar-refractivity contribution in [3.63, 3.8) is 0 Å². The van der Waals surface area contributed by atoms with Crippen molar-refractivity contribution in [2.75, 3.05) is 6.54 Å². The van der Waals surface area contributed by atoms with Gasteiger partial charge >= 0.3 is 0 Å². The van der Waals surface area contributed by atoms with Crippen molar-refractivity contribution in [1.29, 1.82) is 0 Å². The molecule has 0 spiro atoms. The Kier molecular flexibility index (Phi) is 5.83. The average molecular weight is 308 g/mol. The van der Waals surface area contributed by atoms with Crippen molar-refractivity contribution >= 4 is 23.4 Å². The molecule has 0 amide bonds. The van der Waals surface area contributed by atoms with Gasteiger partial charge in [0.1, 0.15) is 0 Å². The summed E-state index contributed by atoms with van der Waals surface area (Å²) in [5, 5.41) is 4.95. The standard InChI is InChI=1S/C15H18ClN3S/c1-3-7-17-11(2)13-6-5-12(10-14(13)16)20-15-18-8-4-9-19-15/h4-6,8-11,17H,3,7H2,1-2H3. The monoisotopic (exact) mass is 307 g/mol. The van der Waals surface area contributed by atoms with Crippen molar-refractivity contribution in [1.82, 2.24) is 15.3 Å². The summed E-state index contributed by atoms with van der Waals surface area (Å²) in [6.07, 6.45) is 4.59. The zero-order valence-electron chi connectivity index (χ0n) is 11.6. The molecule has 0 aliphatic heterocycles. The van der Waals surface area contributed by atoms with E-state index in [0.29, 0.717) is 0 Å². The highest BCUT2D eigenvalue weighted by Gasteiger charge is 2.10. The molecule has 1 heterocycles. The van der Waals surface area contributed by atoms with Gasteiger partial charge in [-0.05, 0) is 55.4 Å². The second kappa shape index (κ2) is 7.62. The molecule has 0 saturated heterocycles. The quantitative estimate of drug-likeness (QED) is 0.806. The van der Waals surface area contributed by atoms with E-state index in [-0.39, 0.29) is 6.04 Å². The number of benzene rings is 1. The van der Waals surface area contributed by atoms with Crippen LogP contribution in [-0.4, -0.2) is 16.5 Å². The summed E-state index contributed by atoms with van der Waals surface area (Å²) in [6, 6.07) is 8.17. The van der Waals surface area contributed by atoms with E-state index in [9.17, 15) is 0 Å². The van der Waals surface area contributed by atoms with E-state index in [2.05, 4.69) is 41.3 Å². The first-order chi connectivity index (χ1) is 9.70. The molecule has 0 saturated carbocycles. The summed E-state index contributed by atoms with van der Waals surface area (Å²) in [5.74, 6) is 0. The van der Waals surface area contributed by atoms with Crippen molar-refractivity contribution in [2.45, 2.75) is 36.4 Å². The Morgan fingerprint density at radius 3 is 2.70 bits per heavy atom. The molecule has 1 aromatic carbocycles. The molecule has 1 unspecified atom stereocenters. The summed E-state index contributed by atoms with van der Waals surface area (Å²) in [5.41, 5.74) is 1.12. The highest BCUT2D eigenvalue weighted by molar-refractivity contribution is 7.99. The zero-order valence-corrected chi connectivity index (χ0v) is 13.2. The lowest BCUT2D eigenvalue weighted by molar-refractivity contribution is 0.570. The fourth-order valence-corrected chi connectivity index (χ4v) is 3.00. The zero-order chi connectivity index (χ0) is 14.4. The summed E-state index contributed by atoms with van der Waals surface area (Å²) in [7, 11) is 0. The van der Waals surface area contributed by atoms with E-state index in [0.717, 1.165) is 33.6 Å². The number of nitrogens with zero attached hydrogens (tertiary/aromatic N) is 2. The maximum absolute atomic E-state index is 6.38. The molecule has 0 aliphatic rings. The minimum atomic E-state index is 0.259. The van der Waals surface area contributed by atoms with Crippen LogP contribution in [0.5, 0.6) is 0 Å². The van der Waals surface area contributed by atoms with Crippen molar-refractivity contribution in [3.05, 3.63) is 47.2 Å². The minimum Gasteiger partial charge on any atom is -0.310 e. The normalized spacial score (nSPS) is 12.3. The van der Waals surface area contributed by atoms with Gasteiger partial charge in [-0.1, -0.05) is 24.6 Å². The van der Waals surface area contributed by atoms with Gasteiger partial charge in [-0.3, -0.25) is 0 Å². The molecule has 0 aliphatic carbocycles. The van der Waals surface area contributed by atoms with Gasteiger partial charge in [0.15, 0.2) is 5.16 Å². The van der Waals surface area contributed by atoms with Crippen LogP contribution in [0.15, 0.2) is 46.7 Å². The highest BCUT2D eigenvalue weighted by atomic mass is 35.5. The minimum absolute atomic E-state index is 0.259. The lowest BCUT2D eigenvalue weighted by Gasteiger charge is -2.15. The highest BCUT2D eigenvalue weighted by Crippen LogP contribution is 2.30. The Morgan fingerprint density at radius 1 is 1.30 bits per heavy atom. The van der Waals surface area contributed by atoms with Crippen LogP contribution in [0.4, 0.5) is 0 Å². The molecule has 5 heteroatoms. The SMILES string of the molecule is CCCNC(C)c1ccc(Sc2ncccn2)cc1Cl. The van der Waals surface area contributed by atoms with Gasteiger partial charge in [-0.2, -0.15) is 0 Å². The molecule has 0 fully saturated rings. The van der Waals surface area contributed by atoms with E-state index < -0.39 is 0 Å². The predicted octanol–water partition coefficient (Wildman–Crippen LogP) is 4.34. The first-order valence-electron chi connectivity index (χ1n) is 6.68. The molecular weight excluding hydrogens is 290 g/mol. The lowest BCUT2D eigenvalue weighted by Crippen LogP contribution is -2.19. The molecule has 2 rings (SSSR count). The lowest BCUT2D eigenvalue weighted by atomic mass is 10.1. The Morgan fingerprint density at radius 2 is 2.05 bits per heavy atom. The molecule has 1 N–H and O–H groups in total. The number of hydrogen-bond acceptors (Lipinski definition) is 4. The number of halogens is 1. The van der Waals surface area contributed by atoms with Gasteiger partial charge in [0, 0.05) is 28.4 Å². The second-order valence-corrected chi connectivity index (χ2v) is 5.94. The van der Waals surface area contributed by atoms with Crippen LogP contribution in [0.1, 0.15) is 31.9 Å². The van der Waals surface area contributed by atoms with Gasteiger partial charge in [0.25, 0.3) is 0 Å². The van der Waals surface area contributed by atoms with Gasteiger partial charge in [-0.15, -0.1) is 0 Å². The van der Waals surface area contributed by atoms with Gasteiger partial charge in [0.05, 0.1) is 0 Å². The Bertz CT molecular complexity index is 548.